The molecule has 0 amide bonds. The van der Waals surface area contributed by atoms with Crippen molar-refractivity contribution >= 4 is 28.9 Å². The highest BCUT2D eigenvalue weighted by Gasteiger charge is 2.53. The predicted molar refractivity (Wildman–Crippen MR) is 85.0 cm³/mol. The van der Waals surface area contributed by atoms with Gasteiger partial charge in [-0.2, -0.15) is 0 Å². The van der Waals surface area contributed by atoms with Gasteiger partial charge < -0.3 is 15.0 Å². The zero-order chi connectivity index (χ0) is 15.4. The van der Waals surface area contributed by atoms with Crippen LogP contribution >= 0.6 is 23.8 Å². The van der Waals surface area contributed by atoms with Crippen LogP contribution < -0.4 is 10.1 Å². The maximum Gasteiger partial charge on any atom is 0.187 e. The maximum absolute atomic E-state index is 14.2. The van der Waals surface area contributed by atoms with Gasteiger partial charge in [-0.05, 0) is 31.3 Å². The highest BCUT2D eigenvalue weighted by molar-refractivity contribution is 7.80. The molecule has 1 saturated heterocycles. The number of hydrogen-bond acceptors (Lipinski definition) is 2. The number of nitrogens with one attached hydrogen (secondary N) is 1. The Bertz CT molecular complexity index is 638. The third-order valence-corrected chi connectivity index (χ3v) is 4.95. The predicted octanol–water partition coefficient (Wildman–Crippen LogP) is 3.64. The lowest BCUT2D eigenvalue weighted by Gasteiger charge is -2.56. The van der Waals surface area contributed by atoms with Gasteiger partial charge in [0, 0.05) is 23.0 Å². The monoisotopic (exact) mass is 326 g/mol. The zero-order valence-electron chi connectivity index (χ0n) is 11.8. The van der Waals surface area contributed by atoms with Crippen LogP contribution in [0, 0.1) is 11.7 Å². The lowest BCUT2D eigenvalue weighted by Crippen LogP contribution is -2.68. The second kappa shape index (κ2) is 4.85. The van der Waals surface area contributed by atoms with Crippen LogP contribution in [0.15, 0.2) is 24.8 Å². The van der Waals surface area contributed by atoms with Crippen LogP contribution in [0.25, 0.3) is 0 Å². The zero-order valence-corrected chi connectivity index (χ0v) is 13.4. The fraction of sp³-hybridized carbons (Fsp3) is 0.400. The van der Waals surface area contributed by atoms with E-state index in [1.54, 1.807) is 12.1 Å². The molecule has 0 saturated carbocycles. The van der Waals surface area contributed by atoms with Gasteiger partial charge in [-0.25, -0.2) is 4.39 Å². The maximum atomic E-state index is 14.2. The Labute approximate surface area is 133 Å². The molecule has 3 atom stereocenters. The lowest BCUT2D eigenvalue weighted by molar-refractivity contribution is -0.108. The van der Waals surface area contributed by atoms with Crippen LogP contribution in [0.3, 0.4) is 0 Å². The number of nitrogens with zero attached hydrogens (tertiary/aromatic N) is 1. The minimum Gasteiger partial charge on any atom is -0.464 e. The van der Waals surface area contributed by atoms with Crippen molar-refractivity contribution in [3.8, 4) is 5.75 Å². The molecule has 0 spiro atoms. The molecule has 1 aromatic rings. The summed E-state index contributed by atoms with van der Waals surface area (Å²) in [5.41, 5.74) is -0.00589. The van der Waals surface area contributed by atoms with E-state index in [4.69, 9.17) is 28.6 Å². The van der Waals surface area contributed by atoms with Crippen LogP contribution in [-0.4, -0.2) is 22.3 Å². The van der Waals surface area contributed by atoms with Crippen molar-refractivity contribution in [3.05, 3.63) is 41.2 Å². The number of ether oxygens (including phenoxy) is 1. The van der Waals surface area contributed by atoms with Crippen LogP contribution in [0.4, 0.5) is 4.39 Å². The van der Waals surface area contributed by atoms with Crippen LogP contribution in [0.5, 0.6) is 5.75 Å². The van der Waals surface area contributed by atoms with Crippen LogP contribution in [0.2, 0.25) is 5.02 Å². The molecule has 0 radical (unpaired) electrons. The van der Waals surface area contributed by atoms with Gasteiger partial charge >= 0.3 is 0 Å². The summed E-state index contributed by atoms with van der Waals surface area (Å²) in [5, 5.41) is 4.20. The lowest BCUT2D eigenvalue weighted by atomic mass is 9.81. The molecule has 3 unspecified atom stereocenters. The summed E-state index contributed by atoms with van der Waals surface area (Å²) < 4.78 is 20.3. The van der Waals surface area contributed by atoms with Crippen molar-refractivity contribution in [2.24, 2.45) is 5.92 Å². The number of halogens is 2. The van der Waals surface area contributed by atoms with Gasteiger partial charge in [-0.15, -0.1) is 6.58 Å². The number of thiocarbonyl (C=S) groups is 1. The van der Waals surface area contributed by atoms with Crippen molar-refractivity contribution in [2.75, 3.05) is 6.54 Å². The Kier molecular flexibility index (Phi) is 3.37. The molecule has 6 heteroatoms. The summed E-state index contributed by atoms with van der Waals surface area (Å²) in [5.74, 6) is -0.141. The largest absolute Gasteiger partial charge is 0.464 e. The standard InChI is InChI=1S/C15H16ClFN2OS/c1-4-5-19-14(21)18-12-8(2)15(19,3)20-13-10(12)6-9(16)7-11(13)17/h4,6-8,12H,1,5H2,2-3H3,(H,18,21). The first-order valence-electron chi connectivity index (χ1n) is 6.75. The Morgan fingerprint density at radius 3 is 3.00 bits per heavy atom. The second-order valence-electron chi connectivity index (χ2n) is 5.58. The molecule has 21 heavy (non-hydrogen) atoms. The average Bonchev–Trinajstić information content (AvgIpc) is 2.41. The molecule has 2 aliphatic rings. The number of hydrogen-bond donors (Lipinski definition) is 1. The molecular weight excluding hydrogens is 311 g/mol. The normalized spacial score (nSPS) is 30.3. The summed E-state index contributed by atoms with van der Waals surface area (Å²) >= 11 is 11.4. The van der Waals surface area contributed by atoms with E-state index < -0.39 is 11.5 Å². The van der Waals surface area contributed by atoms with E-state index in [9.17, 15) is 4.39 Å². The van der Waals surface area contributed by atoms with Gasteiger partial charge in [0.15, 0.2) is 22.4 Å². The quantitative estimate of drug-likeness (QED) is 0.662. The highest BCUT2D eigenvalue weighted by atomic mass is 35.5. The Morgan fingerprint density at radius 1 is 1.62 bits per heavy atom. The van der Waals surface area contributed by atoms with Crippen LogP contribution in [-0.2, 0) is 0 Å². The summed E-state index contributed by atoms with van der Waals surface area (Å²) in [6.45, 7) is 8.26. The fourth-order valence-electron chi connectivity index (χ4n) is 3.11. The molecule has 112 valence electrons. The molecule has 0 aromatic heterocycles. The Hall–Kier alpha value is -1.33. The SMILES string of the molecule is C=CCN1C(=S)NC2c3cc(Cl)cc(F)c3OC1(C)C2C. The molecule has 3 rings (SSSR count). The first-order chi connectivity index (χ1) is 9.88. The topological polar surface area (TPSA) is 24.5 Å². The van der Waals surface area contributed by atoms with Crippen LogP contribution in [0.1, 0.15) is 25.5 Å². The highest BCUT2D eigenvalue weighted by Crippen LogP contribution is 2.49. The minimum atomic E-state index is -0.719. The van der Waals surface area contributed by atoms with Crippen molar-refractivity contribution < 1.29 is 9.13 Å². The van der Waals surface area contributed by atoms with Gasteiger partial charge in [0.2, 0.25) is 0 Å². The van der Waals surface area contributed by atoms with Gasteiger partial charge in [0.25, 0.3) is 0 Å². The van der Waals surface area contributed by atoms with E-state index in [-0.39, 0.29) is 17.7 Å². The van der Waals surface area contributed by atoms with E-state index >= 15 is 0 Å². The first kappa shape index (κ1) is 14.6. The summed E-state index contributed by atoms with van der Waals surface area (Å²) in [6, 6.07) is 2.88. The third kappa shape index (κ3) is 2.02. The number of fused-ring (bicyclic) bond motifs is 4. The van der Waals surface area contributed by atoms with Crippen molar-refractivity contribution in [1.82, 2.24) is 10.2 Å². The number of benzene rings is 1. The smallest absolute Gasteiger partial charge is 0.187 e. The van der Waals surface area contributed by atoms with Gasteiger partial charge in [-0.3, -0.25) is 0 Å². The van der Waals surface area contributed by atoms with E-state index in [1.807, 2.05) is 11.8 Å². The van der Waals surface area contributed by atoms with E-state index in [0.29, 0.717) is 22.2 Å². The Morgan fingerprint density at radius 2 is 2.33 bits per heavy atom. The molecule has 3 nitrogen and oxygen atoms in total. The molecular formula is C15H16ClFN2OS. The molecule has 2 heterocycles. The third-order valence-electron chi connectivity index (χ3n) is 4.40. The van der Waals surface area contributed by atoms with E-state index in [0.717, 1.165) is 0 Å². The van der Waals surface area contributed by atoms with Crippen molar-refractivity contribution in [1.29, 1.82) is 0 Å². The van der Waals surface area contributed by atoms with Crippen molar-refractivity contribution in [2.45, 2.75) is 25.6 Å². The molecule has 2 bridgehead atoms. The minimum absolute atomic E-state index is 0.0644. The first-order valence-corrected chi connectivity index (χ1v) is 7.54. The average molecular weight is 327 g/mol. The molecule has 2 aliphatic heterocycles. The Balaban J connectivity index is 2.16. The van der Waals surface area contributed by atoms with Gasteiger partial charge in [0.1, 0.15) is 0 Å². The summed E-state index contributed by atoms with van der Waals surface area (Å²) in [4.78, 5) is 1.90. The van der Waals surface area contributed by atoms with Gasteiger partial charge in [0.05, 0.1) is 6.04 Å². The second-order valence-corrected chi connectivity index (χ2v) is 6.40. The molecule has 0 aliphatic carbocycles. The summed E-state index contributed by atoms with van der Waals surface area (Å²) in [7, 11) is 0. The van der Waals surface area contributed by atoms with Crippen molar-refractivity contribution in [3.63, 3.8) is 0 Å². The fourth-order valence-corrected chi connectivity index (χ4v) is 3.70. The molecule has 1 fully saturated rings. The molecule has 1 N–H and O–H groups in total. The number of rotatable bonds is 2. The van der Waals surface area contributed by atoms with E-state index in [2.05, 4.69) is 18.8 Å². The van der Waals surface area contributed by atoms with E-state index in [1.165, 1.54) is 6.07 Å². The molecule has 1 aromatic carbocycles. The summed E-state index contributed by atoms with van der Waals surface area (Å²) in [6.07, 6.45) is 1.75. The van der Waals surface area contributed by atoms with Gasteiger partial charge in [-0.1, -0.05) is 24.6 Å².